The van der Waals surface area contributed by atoms with E-state index < -0.39 is 24.6 Å². The number of benzene rings is 2. The minimum Gasteiger partial charge on any atom is -0.497 e. The van der Waals surface area contributed by atoms with E-state index in [1.165, 1.54) is 4.90 Å². The zero-order valence-electron chi connectivity index (χ0n) is 17.4. The molecule has 1 aromatic heterocycles. The Morgan fingerprint density at radius 2 is 1.69 bits per heavy atom. The number of amidine groups is 1. The molecule has 0 spiro atoms. The first-order valence-corrected chi connectivity index (χ1v) is 10.1. The van der Waals surface area contributed by atoms with Gasteiger partial charge in [0.15, 0.2) is 11.5 Å². The van der Waals surface area contributed by atoms with E-state index in [0.717, 1.165) is 28.0 Å². The highest BCUT2D eigenvalue weighted by atomic mass is 19.3. The minimum atomic E-state index is -2.97. The Labute approximate surface area is 184 Å². The van der Waals surface area contributed by atoms with E-state index in [1.54, 1.807) is 19.5 Å². The van der Waals surface area contributed by atoms with E-state index in [4.69, 9.17) is 15.5 Å². The molecule has 2 N–H and O–H groups in total. The fourth-order valence-electron chi connectivity index (χ4n) is 4.29. The summed E-state index contributed by atoms with van der Waals surface area (Å²) in [7, 11) is 1.62. The molecule has 0 saturated carbocycles. The number of fused-ring (bicyclic) bond motifs is 1. The molecule has 32 heavy (non-hydrogen) atoms. The highest BCUT2D eigenvalue weighted by Crippen LogP contribution is 2.43. The lowest BCUT2D eigenvalue weighted by Crippen LogP contribution is -2.53. The van der Waals surface area contributed by atoms with Crippen molar-refractivity contribution < 1.29 is 13.5 Å². The SMILES string of the molecule is COc1cccc(-c2cccc(C3(c4ccncc4)N=C(N)N4CC(F)(F)CN=C43)c2)c1. The predicted octanol–water partition coefficient (Wildman–Crippen LogP) is 3.68. The maximum absolute atomic E-state index is 14.1. The van der Waals surface area contributed by atoms with Crippen LogP contribution in [-0.4, -0.2) is 47.8 Å². The molecule has 5 rings (SSSR count). The molecule has 1 atom stereocenters. The normalized spacial score (nSPS) is 21.5. The van der Waals surface area contributed by atoms with Gasteiger partial charge in [-0.25, -0.2) is 13.8 Å². The van der Waals surface area contributed by atoms with Gasteiger partial charge in [-0.3, -0.25) is 14.9 Å². The Bertz CT molecular complexity index is 1230. The van der Waals surface area contributed by atoms with Gasteiger partial charge in [0, 0.05) is 12.4 Å². The van der Waals surface area contributed by atoms with Crippen LogP contribution in [0.4, 0.5) is 8.78 Å². The second-order valence-electron chi connectivity index (χ2n) is 7.81. The Morgan fingerprint density at radius 3 is 2.44 bits per heavy atom. The molecule has 2 aromatic carbocycles. The van der Waals surface area contributed by atoms with Crippen LogP contribution in [0.5, 0.6) is 5.75 Å². The van der Waals surface area contributed by atoms with Gasteiger partial charge < -0.3 is 10.5 Å². The molecular formula is C24H21F2N5O. The van der Waals surface area contributed by atoms with Crippen LogP contribution in [-0.2, 0) is 5.54 Å². The molecule has 6 nitrogen and oxygen atoms in total. The number of alkyl halides is 2. The molecule has 8 heteroatoms. The molecule has 0 fully saturated rings. The Balaban J connectivity index is 1.71. The molecule has 3 aromatic rings. The van der Waals surface area contributed by atoms with Crippen LogP contribution in [0.3, 0.4) is 0 Å². The van der Waals surface area contributed by atoms with E-state index in [2.05, 4.69) is 9.98 Å². The van der Waals surface area contributed by atoms with Gasteiger partial charge in [-0.1, -0.05) is 30.3 Å². The fourth-order valence-corrected chi connectivity index (χ4v) is 4.29. The molecule has 0 radical (unpaired) electrons. The van der Waals surface area contributed by atoms with Gasteiger partial charge >= 0.3 is 0 Å². The number of nitrogens with two attached hydrogens (primary N) is 1. The number of hydrogen-bond donors (Lipinski definition) is 1. The van der Waals surface area contributed by atoms with E-state index >= 15 is 0 Å². The number of hydrogen-bond acceptors (Lipinski definition) is 6. The number of nitrogens with zero attached hydrogens (tertiary/aromatic N) is 4. The first-order chi connectivity index (χ1) is 15.4. The largest absolute Gasteiger partial charge is 0.497 e. The van der Waals surface area contributed by atoms with Crippen molar-refractivity contribution in [2.24, 2.45) is 15.7 Å². The average molecular weight is 433 g/mol. The lowest BCUT2D eigenvalue weighted by Gasteiger charge is -2.35. The monoisotopic (exact) mass is 433 g/mol. The summed E-state index contributed by atoms with van der Waals surface area (Å²) in [5, 5.41) is 0. The van der Waals surface area contributed by atoms with Crippen LogP contribution in [0.2, 0.25) is 0 Å². The zero-order chi connectivity index (χ0) is 22.3. The van der Waals surface area contributed by atoms with Crippen molar-refractivity contribution in [3.05, 3.63) is 84.2 Å². The van der Waals surface area contributed by atoms with Crippen molar-refractivity contribution in [3.63, 3.8) is 0 Å². The topological polar surface area (TPSA) is 76.1 Å². The Kier molecular flexibility index (Phi) is 4.65. The lowest BCUT2D eigenvalue weighted by molar-refractivity contribution is -0.00437. The van der Waals surface area contributed by atoms with Crippen molar-refractivity contribution >= 4 is 11.8 Å². The number of ether oxygens (including phenoxy) is 1. The molecule has 3 heterocycles. The number of pyridine rings is 1. The van der Waals surface area contributed by atoms with Gasteiger partial charge in [0.05, 0.1) is 13.7 Å². The lowest BCUT2D eigenvalue weighted by atomic mass is 9.81. The molecule has 162 valence electrons. The van der Waals surface area contributed by atoms with Crippen LogP contribution < -0.4 is 10.5 Å². The zero-order valence-corrected chi connectivity index (χ0v) is 17.4. The number of rotatable bonds is 4. The van der Waals surface area contributed by atoms with Crippen molar-refractivity contribution in [1.29, 1.82) is 0 Å². The van der Waals surface area contributed by atoms with Gasteiger partial charge in [-0.05, 0) is 52.6 Å². The van der Waals surface area contributed by atoms with Crippen LogP contribution in [0.15, 0.2) is 83.0 Å². The standard InChI is InChI=1S/C24H21F2N5O/c1-32-20-7-3-5-17(13-20)16-4-2-6-19(12-16)24(18-8-10-28-11-9-18)21-29-14-23(25,26)15-31(21)22(27)30-24/h2-13H,14-15H2,1H3,(H2,27,30). The number of methoxy groups -OCH3 is 1. The Morgan fingerprint density at radius 1 is 0.969 bits per heavy atom. The van der Waals surface area contributed by atoms with Gasteiger partial charge in [0.2, 0.25) is 0 Å². The highest BCUT2D eigenvalue weighted by molar-refractivity contribution is 6.12. The van der Waals surface area contributed by atoms with Gasteiger partial charge in [-0.2, -0.15) is 0 Å². The second kappa shape index (κ2) is 7.40. The summed E-state index contributed by atoms with van der Waals surface area (Å²) >= 11 is 0. The first kappa shape index (κ1) is 20.1. The van der Waals surface area contributed by atoms with E-state index in [9.17, 15) is 8.78 Å². The summed E-state index contributed by atoms with van der Waals surface area (Å²) in [6, 6.07) is 19.1. The summed E-state index contributed by atoms with van der Waals surface area (Å²) in [5.41, 5.74) is 8.46. The first-order valence-electron chi connectivity index (χ1n) is 10.1. The second-order valence-corrected chi connectivity index (χ2v) is 7.81. The average Bonchev–Trinajstić information content (AvgIpc) is 3.11. The minimum absolute atomic E-state index is 0.0201. The van der Waals surface area contributed by atoms with Crippen LogP contribution in [0, 0.1) is 0 Å². The molecule has 1 unspecified atom stereocenters. The van der Waals surface area contributed by atoms with Gasteiger partial charge in [0.1, 0.15) is 18.1 Å². The summed E-state index contributed by atoms with van der Waals surface area (Å²) in [5.74, 6) is -1.81. The third-order valence-electron chi connectivity index (χ3n) is 5.77. The number of guanidine groups is 1. The van der Waals surface area contributed by atoms with Crippen molar-refractivity contribution in [2.75, 3.05) is 20.2 Å². The van der Waals surface area contributed by atoms with Crippen LogP contribution in [0.1, 0.15) is 11.1 Å². The predicted molar refractivity (Wildman–Crippen MR) is 119 cm³/mol. The van der Waals surface area contributed by atoms with E-state index in [-0.39, 0.29) is 5.96 Å². The third-order valence-corrected chi connectivity index (χ3v) is 5.77. The van der Waals surface area contributed by atoms with Crippen molar-refractivity contribution in [2.45, 2.75) is 11.5 Å². The number of aliphatic imine (C=N–C) groups is 2. The summed E-state index contributed by atoms with van der Waals surface area (Å²) in [4.78, 5) is 14.5. The Hall–Kier alpha value is -3.81. The maximum atomic E-state index is 14.1. The quantitative estimate of drug-likeness (QED) is 0.681. The summed E-state index contributed by atoms with van der Waals surface area (Å²) in [6.45, 7) is -1.16. The third kappa shape index (κ3) is 3.19. The summed E-state index contributed by atoms with van der Waals surface area (Å²) < 4.78 is 33.7. The molecule has 2 aliphatic heterocycles. The van der Waals surface area contributed by atoms with Crippen LogP contribution >= 0.6 is 0 Å². The molecule has 0 amide bonds. The van der Waals surface area contributed by atoms with Crippen molar-refractivity contribution in [3.8, 4) is 16.9 Å². The summed E-state index contributed by atoms with van der Waals surface area (Å²) in [6.07, 6.45) is 3.30. The maximum Gasteiger partial charge on any atom is 0.284 e. The highest BCUT2D eigenvalue weighted by Gasteiger charge is 2.53. The molecule has 0 saturated heterocycles. The van der Waals surface area contributed by atoms with E-state index in [1.807, 2.05) is 60.7 Å². The molecular weight excluding hydrogens is 412 g/mol. The fraction of sp³-hybridized carbons (Fsp3) is 0.208. The van der Waals surface area contributed by atoms with Crippen molar-refractivity contribution in [1.82, 2.24) is 9.88 Å². The molecule has 0 bridgehead atoms. The number of aromatic nitrogens is 1. The number of halogens is 2. The smallest absolute Gasteiger partial charge is 0.284 e. The van der Waals surface area contributed by atoms with E-state index in [0.29, 0.717) is 5.84 Å². The molecule has 0 aliphatic carbocycles. The molecule has 2 aliphatic rings. The van der Waals surface area contributed by atoms with Crippen LogP contribution in [0.25, 0.3) is 11.1 Å². The van der Waals surface area contributed by atoms with Gasteiger partial charge in [-0.15, -0.1) is 0 Å². The van der Waals surface area contributed by atoms with Gasteiger partial charge in [0.25, 0.3) is 5.92 Å².